The number of carbonyl (C=O) groups excluding carboxylic acids is 1. The zero-order chi connectivity index (χ0) is 12.3. The molecule has 1 amide bonds. The maximum atomic E-state index is 11.9. The zero-order valence-electron chi connectivity index (χ0n) is 9.78. The molecule has 2 rings (SSSR count). The zero-order valence-corrected chi connectivity index (χ0v) is 10.5. The van der Waals surface area contributed by atoms with Crippen molar-refractivity contribution >= 4 is 17.5 Å². The van der Waals surface area contributed by atoms with Gasteiger partial charge in [0.25, 0.3) is 5.91 Å². The van der Waals surface area contributed by atoms with Crippen LogP contribution in [0, 0.1) is 0 Å². The molecule has 1 saturated heterocycles. The van der Waals surface area contributed by atoms with E-state index in [-0.39, 0.29) is 18.1 Å². The van der Waals surface area contributed by atoms with Crippen LogP contribution in [0.3, 0.4) is 0 Å². The predicted octanol–water partition coefficient (Wildman–Crippen LogP) is 2.64. The Hall–Kier alpha value is -1.06. The molecule has 0 saturated carbocycles. The van der Waals surface area contributed by atoms with Crippen molar-refractivity contribution in [2.24, 2.45) is 0 Å². The molecule has 0 radical (unpaired) electrons. The van der Waals surface area contributed by atoms with Crippen LogP contribution in [0.15, 0.2) is 24.3 Å². The number of ether oxygens (including phenoxy) is 1. The largest absolute Gasteiger partial charge is 0.376 e. The molecule has 1 fully saturated rings. The van der Waals surface area contributed by atoms with Crippen molar-refractivity contribution in [1.29, 1.82) is 0 Å². The van der Waals surface area contributed by atoms with Crippen molar-refractivity contribution in [3.8, 4) is 0 Å². The van der Waals surface area contributed by atoms with Gasteiger partial charge in [-0.2, -0.15) is 0 Å². The van der Waals surface area contributed by atoms with Crippen LogP contribution in [0.1, 0.15) is 30.1 Å². The first-order chi connectivity index (χ1) is 8.16. The minimum atomic E-state index is -0.0790. The van der Waals surface area contributed by atoms with Crippen LogP contribution < -0.4 is 5.32 Å². The Bertz CT molecular complexity index is 385. The number of hydrogen-bond donors (Lipinski definition) is 1. The lowest BCUT2D eigenvalue weighted by atomic mass is 10.1. The first-order valence-corrected chi connectivity index (χ1v) is 6.22. The fourth-order valence-corrected chi connectivity index (χ4v) is 2.11. The maximum absolute atomic E-state index is 11.9. The Kier molecular flexibility index (Phi) is 4.02. The Morgan fingerprint density at radius 1 is 1.47 bits per heavy atom. The molecule has 1 aromatic rings. The lowest BCUT2D eigenvalue weighted by Gasteiger charge is -2.19. The average molecular weight is 254 g/mol. The van der Waals surface area contributed by atoms with Crippen LogP contribution in [0.4, 0.5) is 0 Å². The first kappa shape index (κ1) is 12.4. The number of amides is 1. The molecule has 4 heteroatoms. The molecule has 0 unspecified atom stereocenters. The molecule has 0 bridgehead atoms. The van der Waals surface area contributed by atoms with Crippen LogP contribution in [-0.4, -0.2) is 24.7 Å². The summed E-state index contributed by atoms with van der Waals surface area (Å²) in [6.07, 6.45) is 2.24. The van der Waals surface area contributed by atoms with Gasteiger partial charge in [0.15, 0.2) is 0 Å². The van der Waals surface area contributed by atoms with E-state index in [0.29, 0.717) is 10.6 Å². The van der Waals surface area contributed by atoms with Crippen molar-refractivity contribution in [3.63, 3.8) is 0 Å². The number of rotatable bonds is 3. The first-order valence-electron chi connectivity index (χ1n) is 5.85. The van der Waals surface area contributed by atoms with Gasteiger partial charge in [-0.25, -0.2) is 0 Å². The molecule has 0 aromatic heterocycles. The average Bonchev–Trinajstić information content (AvgIpc) is 2.83. The fraction of sp³-hybridized carbons (Fsp3) is 0.462. The van der Waals surface area contributed by atoms with E-state index in [9.17, 15) is 4.79 Å². The van der Waals surface area contributed by atoms with Crippen molar-refractivity contribution < 1.29 is 9.53 Å². The molecule has 3 nitrogen and oxygen atoms in total. The van der Waals surface area contributed by atoms with Gasteiger partial charge in [-0.1, -0.05) is 11.6 Å². The van der Waals surface area contributed by atoms with Crippen molar-refractivity contribution in [3.05, 3.63) is 34.9 Å². The highest BCUT2D eigenvalue weighted by Crippen LogP contribution is 2.16. The summed E-state index contributed by atoms with van der Waals surface area (Å²) < 4.78 is 5.53. The molecular weight excluding hydrogens is 238 g/mol. The summed E-state index contributed by atoms with van der Waals surface area (Å²) in [7, 11) is 0. The van der Waals surface area contributed by atoms with Gasteiger partial charge in [-0.3, -0.25) is 4.79 Å². The SMILES string of the molecule is C[C@H](NC(=O)c1ccc(Cl)cc1)[C@@H]1CCCO1. The van der Waals surface area contributed by atoms with Crippen LogP contribution in [-0.2, 0) is 4.74 Å². The van der Waals surface area contributed by atoms with Crippen LogP contribution in [0.2, 0.25) is 5.02 Å². The highest BCUT2D eigenvalue weighted by atomic mass is 35.5. The molecule has 1 N–H and O–H groups in total. The smallest absolute Gasteiger partial charge is 0.251 e. The number of benzene rings is 1. The van der Waals surface area contributed by atoms with Gasteiger partial charge in [-0.15, -0.1) is 0 Å². The van der Waals surface area contributed by atoms with E-state index in [0.717, 1.165) is 19.4 Å². The van der Waals surface area contributed by atoms with E-state index in [1.807, 2.05) is 6.92 Å². The summed E-state index contributed by atoms with van der Waals surface area (Å²) in [5.41, 5.74) is 0.624. The van der Waals surface area contributed by atoms with Crippen molar-refractivity contribution in [2.45, 2.75) is 31.9 Å². The molecule has 1 heterocycles. The summed E-state index contributed by atoms with van der Waals surface area (Å²) in [5.74, 6) is -0.0790. The molecule has 17 heavy (non-hydrogen) atoms. The normalized spacial score (nSPS) is 21.2. The number of halogens is 1. The lowest BCUT2D eigenvalue weighted by molar-refractivity contribution is 0.0712. The van der Waals surface area contributed by atoms with Gasteiger partial charge < -0.3 is 10.1 Å². The van der Waals surface area contributed by atoms with E-state index in [2.05, 4.69) is 5.32 Å². The second-order valence-electron chi connectivity index (χ2n) is 4.32. The van der Waals surface area contributed by atoms with E-state index < -0.39 is 0 Å². The molecule has 0 aliphatic carbocycles. The van der Waals surface area contributed by atoms with Crippen molar-refractivity contribution in [2.75, 3.05) is 6.61 Å². The lowest BCUT2D eigenvalue weighted by Crippen LogP contribution is -2.40. The number of nitrogens with one attached hydrogen (secondary N) is 1. The van der Waals surface area contributed by atoms with Gasteiger partial charge in [0, 0.05) is 17.2 Å². The Labute approximate surface area is 106 Å². The van der Waals surface area contributed by atoms with Gasteiger partial charge in [0.05, 0.1) is 12.1 Å². The maximum Gasteiger partial charge on any atom is 0.251 e. The molecular formula is C13H16ClNO2. The Morgan fingerprint density at radius 2 is 2.18 bits per heavy atom. The summed E-state index contributed by atoms with van der Waals surface area (Å²) in [6.45, 7) is 2.77. The minimum Gasteiger partial charge on any atom is -0.376 e. The van der Waals surface area contributed by atoms with E-state index in [1.165, 1.54) is 0 Å². The fourth-order valence-electron chi connectivity index (χ4n) is 1.98. The number of hydrogen-bond acceptors (Lipinski definition) is 2. The second kappa shape index (κ2) is 5.52. The molecule has 1 aliphatic heterocycles. The van der Waals surface area contributed by atoms with E-state index >= 15 is 0 Å². The quantitative estimate of drug-likeness (QED) is 0.899. The van der Waals surface area contributed by atoms with E-state index in [4.69, 9.17) is 16.3 Å². The summed E-state index contributed by atoms with van der Waals surface area (Å²) in [4.78, 5) is 11.9. The molecule has 0 spiro atoms. The Morgan fingerprint density at radius 3 is 2.76 bits per heavy atom. The summed E-state index contributed by atoms with van der Waals surface area (Å²) in [6, 6.07) is 6.92. The van der Waals surface area contributed by atoms with Gasteiger partial charge in [0.1, 0.15) is 0 Å². The predicted molar refractivity (Wildman–Crippen MR) is 67.4 cm³/mol. The topological polar surface area (TPSA) is 38.3 Å². The van der Waals surface area contributed by atoms with Crippen LogP contribution in [0.25, 0.3) is 0 Å². The molecule has 2 atom stereocenters. The van der Waals surface area contributed by atoms with Crippen molar-refractivity contribution in [1.82, 2.24) is 5.32 Å². The van der Waals surface area contributed by atoms with Gasteiger partial charge in [0.2, 0.25) is 0 Å². The van der Waals surface area contributed by atoms with Crippen LogP contribution in [0.5, 0.6) is 0 Å². The summed E-state index contributed by atoms with van der Waals surface area (Å²) in [5, 5.41) is 3.58. The Balaban J connectivity index is 1.94. The standard InChI is InChI=1S/C13H16ClNO2/c1-9(12-3-2-8-17-12)15-13(16)10-4-6-11(14)7-5-10/h4-7,9,12H,2-3,8H2,1H3,(H,15,16)/t9-,12-/m0/s1. The van der Waals surface area contributed by atoms with Gasteiger partial charge in [-0.05, 0) is 44.0 Å². The monoisotopic (exact) mass is 253 g/mol. The third kappa shape index (κ3) is 3.20. The highest BCUT2D eigenvalue weighted by molar-refractivity contribution is 6.30. The third-order valence-corrected chi connectivity index (χ3v) is 3.24. The highest BCUT2D eigenvalue weighted by Gasteiger charge is 2.23. The third-order valence-electron chi connectivity index (χ3n) is 2.99. The van der Waals surface area contributed by atoms with Crippen LogP contribution >= 0.6 is 11.6 Å². The minimum absolute atomic E-state index is 0.0423. The van der Waals surface area contributed by atoms with Gasteiger partial charge >= 0.3 is 0 Å². The summed E-state index contributed by atoms with van der Waals surface area (Å²) >= 11 is 5.77. The van der Waals surface area contributed by atoms with E-state index in [1.54, 1.807) is 24.3 Å². The molecule has 1 aliphatic rings. The molecule has 1 aromatic carbocycles. The number of carbonyl (C=O) groups is 1. The second-order valence-corrected chi connectivity index (χ2v) is 4.76. The molecule has 92 valence electrons.